The standard InChI is InChI=1S/C16H10ClF3N2O/c17-13-3-2-11(14(6-13)16(18,19)20)7-22-8-12-5-10(9-23)1-4-15(12)21-22/h1-6,8-9H,7H2. The molecule has 0 bridgehead atoms. The van der Waals surface area contributed by atoms with Crippen LogP contribution in [-0.2, 0) is 12.7 Å². The molecule has 1 aromatic heterocycles. The number of rotatable bonds is 3. The lowest BCUT2D eigenvalue weighted by molar-refractivity contribution is -0.138. The Morgan fingerprint density at radius 1 is 1.17 bits per heavy atom. The Labute approximate surface area is 134 Å². The predicted molar refractivity (Wildman–Crippen MR) is 80.7 cm³/mol. The van der Waals surface area contributed by atoms with E-state index in [4.69, 9.17) is 11.6 Å². The first-order valence-electron chi connectivity index (χ1n) is 6.65. The van der Waals surface area contributed by atoms with Gasteiger partial charge in [-0.15, -0.1) is 0 Å². The average molecular weight is 339 g/mol. The van der Waals surface area contributed by atoms with Gasteiger partial charge in [0.25, 0.3) is 0 Å². The Hall–Kier alpha value is -2.34. The first kappa shape index (κ1) is 15.6. The topological polar surface area (TPSA) is 34.9 Å². The fraction of sp³-hybridized carbons (Fsp3) is 0.125. The first-order valence-corrected chi connectivity index (χ1v) is 7.02. The first-order chi connectivity index (χ1) is 10.9. The molecule has 23 heavy (non-hydrogen) atoms. The molecule has 3 aromatic rings. The van der Waals surface area contributed by atoms with Crippen LogP contribution in [-0.4, -0.2) is 16.1 Å². The summed E-state index contributed by atoms with van der Waals surface area (Å²) >= 11 is 5.67. The lowest BCUT2D eigenvalue weighted by Gasteiger charge is -2.13. The van der Waals surface area contributed by atoms with Gasteiger partial charge in [0.05, 0.1) is 17.6 Å². The van der Waals surface area contributed by atoms with E-state index in [9.17, 15) is 18.0 Å². The summed E-state index contributed by atoms with van der Waals surface area (Å²) in [6, 6.07) is 8.56. The normalized spacial score (nSPS) is 11.8. The number of carbonyl (C=O) groups excluding carboxylic acids is 1. The zero-order chi connectivity index (χ0) is 16.6. The monoisotopic (exact) mass is 338 g/mol. The van der Waals surface area contributed by atoms with Gasteiger partial charge in [-0.1, -0.05) is 17.7 Å². The molecule has 0 atom stereocenters. The summed E-state index contributed by atoms with van der Waals surface area (Å²) in [6.07, 6.45) is -2.17. The minimum Gasteiger partial charge on any atom is -0.298 e. The third kappa shape index (κ3) is 3.22. The van der Waals surface area contributed by atoms with Gasteiger partial charge in [-0.2, -0.15) is 18.3 Å². The molecule has 0 fully saturated rings. The van der Waals surface area contributed by atoms with E-state index in [1.54, 1.807) is 24.4 Å². The van der Waals surface area contributed by atoms with E-state index in [2.05, 4.69) is 5.10 Å². The summed E-state index contributed by atoms with van der Waals surface area (Å²) in [5.41, 5.74) is 0.390. The van der Waals surface area contributed by atoms with Crippen LogP contribution in [0.5, 0.6) is 0 Å². The van der Waals surface area contributed by atoms with Crippen molar-refractivity contribution < 1.29 is 18.0 Å². The van der Waals surface area contributed by atoms with Crippen molar-refractivity contribution >= 4 is 28.8 Å². The second-order valence-corrected chi connectivity index (χ2v) is 5.50. The van der Waals surface area contributed by atoms with Crippen molar-refractivity contribution in [3.63, 3.8) is 0 Å². The molecule has 0 spiro atoms. The number of aromatic nitrogens is 2. The second kappa shape index (κ2) is 5.70. The molecule has 0 amide bonds. The highest BCUT2D eigenvalue weighted by atomic mass is 35.5. The van der Waals surface area contributed by atoms with Gasteiger partial charge in [-0.05, 0) is 35.9 Å². The van der Waals surface area contributed by atoms with Crippen molar-refractivity contribution in [2.24, 2.45) is 0 Å². The van der Waals surface area contributed by atoms with Crippen LogP contribution >= 0.6 is 11.6 Å². The molecule has 3 nitrogen and oxygen atoms in total. The van der Waals surface area contributed by atoms with Crippen LogP contribution < -0.4 is 0 Å². The molecule has 7 heteroatoms. The molecule has 1 heterocycles. The molecule has 0 radical (unpaired) electrons. The Kier molecular flexibility index (Phi) is 3.85. The predicted octanol–water partition coefficient (Wildman–Crippen LogP) is 4.57. The Bertz CT molecular complexity index is 887. The quantitative estimate of drug-likeness (QED) is 0.656. The van der Waals surface area contributed by atoms with Crippen molar-refractivity contribution in [3.05, 3.63) is 64.3 Å². The number of nitrogens with zero attached hydrogens (tertiary/aromatic N) is 2. The molecule has 0 saturated heterocycles. The van der Waals surface area contributed by atoms with Crippen LogP contribution in [0.1, 0.15) is 21.5 Å². The zero-order valence-electron chi connectivity index (χ0n) is 11.6. The number of benzene rings is 2. The summed E-state index contributed by atoms with van der Waals surface area (Å²) in [5.74, 6) is 0. The van der Waals surface area contributed by atoms with Gasteiger partial charge >= 0.3 is 6.18 Å². The fourth-order valence-electron chi connectivity index (χ4n) is 2.37. The van der Waals surface area contributed by atoms with Crippen LogP contribution in [0.3, 0.4) is 0 Å². The lowest BCUT2D eigenvalue weighted by Crippen LogP contribution is -2.12. The van der Waals surface area contributed by atoms with Gasteiger partial charge in [0.1, 0.15) is 6.29 Å². The summed E-state index contributed by atoms with van der Waals surface area (Å²) in [7, 11) is 0. The van der Waals surface area contributed by atoms with Crippen LogP contribution in [0.15, 0.2) is 42.6 Å². The van der Waals surface area contributed by atoms with E-state index in [1.807, 2.05) is 0 Å². The van der Waals surface area contributed by atoms with Gasteiger partial charge in [-0.3, -0.25) is 9.48 Å². The highest BCUT2D eigenvalue weighted by Crippen LogP contribution is 2.34. The minimum absolute atomic E-state index is 0.0299. The molecule has 0 N–H and O–H groups in total. The number of fused-ring (bicyclic) bond motifs is 1. The van der Waals surface area contributed by atoms with E-state index >= 15 is 0 Å². The van der Waals surface area contributed by atoms with Crippen molar-refractivity contribution in [3.8, 4) is 0 Å². The maximum Gasteiger partial charge on any atom is 0.416 e. The molecule has 118 valence electrons. The third-order valence-corrected chi connectivity index (χ3v) is 3.66. The molecule has 0 saturated carbocycles. The van der Waals surface area contributed by atoms with Gasteiger partial charge in [0, 0.05) is 22.2 Å². The van der Waals surface area contributed by atoms with Gasteiger partial charge in [0.15, 0.2) is 0 Å². The van der Waals surface area contributed by atoms with E-state index in [1.165, 1.54) is 16.8 Å². The van der Waals surface area contributed by atoms with Gasteiger partial charge < -0.3 is 0 Å². The third-order valence-electron chi connectivity index (χ3n) is 3.42. The summed E-state index contributed by atoms with van der Waals surface area (Å²) in [6.45, 7) is -0.0445. The number of carbonyl (C=O) groups is 1. The molecule has 0 aliphatic heterocycles. The fourth-order valence-corrected chi connectivity index (χ4v) is 2.55. The Morgan fingerprint density at radius 3 is 2.65 bits per heavy atom. The van der Waals surface area contributed by atoms with Crippen LogP contribution in [0, 0.1) is 0 Å². The smallest absolute Gasteiger partial charge is 0.298 e. The average Bonchev–Trinajstić information content (AvgIpc) is 2.89. The number of hydrogen-bond donors (Lipinski definition) is 0. The summed E-state index contributed by atoms with van der Waals surface area (Å²) < 4.78 is 40.7. The molecule has 2 aromatic carbocycles. The molecule has 0 aliphatic carbocycles. The molecule has 0 unspecified atom stereocenters. The Morgan fingerprint density at radius 2 is 1.96 bits per heavy atom. The molecule has 0 aliphatic rings. The van der Waals surface area contributed by atoms with Crippen molar-refractivity contribution in [2.75, 3.05) is 0 Å². The second-order valence-electron chi connectivity index (χ2n) is 5.06. The zero-order valence-corrected chi connectivity index (χ0v) is 12.4. The number of halogens is 4. The van der Waals surface area contributed by atoms with Gasteiger partial charge in [-0.25, -0.2) is 0 Å². The van der Waals surface area contributed by atoms with E-state index < -0.39 is 11.7 Å². The summed E-state index contributed by atoms with van der Waals surface area (Å²) in [4.78, 5) is 10.8. The minimum atomic E-state index is -4.49. The Balaban J connectivity index is 2.00. The highest BCUT2D eigenvalue weighted by molar-refractivity contribution is 6.30. The number of hydrogen-bond acceptors (Lipinski definition) is 2. The maximum absolute atomic E-state index is 13.1. The van der Waals surface area contributed by atoms with Crippen LogP contribution in [0.4, 0.5) is 13.2 Å². The van der Waals surface area contributed by atoms with Crippen molar-refractivity contribution in [1.82, 2.24) is 9.78 Å². The van der Waals surface area contributed by atoms with Crippen molar-refractivity contribution in [2.45, 2.75) is 12.7 Å². The van der Waals surface area contributed by atoms with Crippen LogP contribution in [0.25, 0.3) is 10.9 Å². The van der Waals surface area contributed by atoms with Gasteiger partial charge in [0.2, 0.25) is 0 Å². The van der Waals surface area contributed by atoms with E-state index in [0.717, 1.165) is 6.07 Å². The molecular weight excluding hydrogens is 329 g/mol. The van der Waals surface area contributed by atoms with Crippen LogP contribution in [0.2, 0.25) is 5.02 Å². The van der Waals surface area contributed by atoms with E-state index in [-0.39, 0.29) is 17.1 Å². The number of aldehydes is 1. The summed E-state index contributed by atoms with van der Waals surface area (Å²) in [5, 5.41) is 4.95. The van der Waals surface area contributed by atoms with Crippen molar-refractivity contribution in [1.29, 1.82) is 0 Å². The van der Waals surface area contributed by atoms with E-state index in [0.29, 0.717) is 22.8 Å². The SMILES string of the molecule is O=Cc1ccc2nn(Cc3ccc(Cl)cc3C(F)(F)F)cc2c1. The maximum atomic E-state index is 13.1. The number of alkyl halides is 3. The molecular formula is C16H10ClF3N2O. The largest absolute Gasteiger partial charge is 0.416 e. The molecule has 3 rings (SSSR count). The lowest BCUT2D eigenvalue weighted by atomic mass is 10.1. The highest BCUT2D eigenvalue weighted by Gasteiger charge is 2.33.